The molecule has 0 aliphatic carbocycles. The van der Waals surface area contributed by atoms with E-state index in [1.54, 1.807) is 30.6 Å². The van der Waals surface area contributed by atoms with Gasteiger partial charge in [0.25, 0.3) is 0 Å². The van der Waals surface area contributed by atoms with Crippen molar-refractivity contribution in [3.63, 3.8) is 0 Å². The first kappa shape index (κ1) is 37.9. The molecule has 4 aromatic rings. The van der Waals surface area contributed by atoms with Crippen LogP contribution in [0.4, 0.5) is 14.6 Å². The number of hydrogen-bond donors (Lipinski definition) is 1. The monoisotopic (exact) mass is 696 g/mol. The van der Waals surface area contributed by atoms with E-state index < -0.39 is 5.60 Å². The van der Waals surface area contributed by atoms with E-state index in [0.29, 0.717) is 23.6 Å². The van der Waals surface area contributed by atoms with Crippen LogP contribution in [0.2, 0.25) is 5.15 Å². The second-order valence-electron chi connectivity index (χ2n) is 14.3. The van der Waals surface area contributed by atoms with Crippen molar-refractivity contribution in [3.05, 3.63) is 77.7 Å². The summed E-state index contributed by atoms with van der Waals surface area (Å²) in [4.78, 5) is 34.2. The van der Waals surface area contributed by atoms with Crippen molar-refractivity contribution in [1.82, 2.24) is 15.3 Å². The zero-order valence-electron chi connectivity index (χ0n) is 29.2. The molecule has 2 aliphatic heterocycles. The number of halogens is 3. The van der Waals surface area contributed by atoms with E-state index in [2.05, 4.69) is 20.2 Å². The van der Waals surface area contributed by atoms with Crippen molar-refractivity contribution in [1.29, 1.82) is 0 Å². The summed E-state index contributed by atoms with van der Waals surface area (Å²) in [6.45, 7) is 14.7. The number of esters is 2. The van der Waals surface area contributed by atoms with Crippen molar-refractivity contribution >= 4 is 50.9 Å². The van der Waals surface area contributed by atoms with Crippen LogP contribution in [-0.4, -0.2) is 59.3 Å². The van der Waals surface area contributed by atoms with Gasteiger partial charge in [0.1, 0.15) is 33.8 Å². The van der Waals surface area contributed by atoms with Gasteiger partial charge in [-0.3, -0.25) is 9.59 Å². The summed E-state index contributed by atoms with van der Waals surface area (Å²) in [5.74, 6) is 0.105. The molecule has 2 aromatic carbocycles. The molecule has 6 rings (SSSR count). The largest absolute Gasteiger partial charge is 0.460 e. The van der Waals surface area contributed by atoms with Crippen molar-refractivity contribution in [2.45, 2.75) is 78.4 Å². The fraction of sp³-hybridized carbons (Fsp3) is 0.474. The highest BCUT2D eigenvalue weighted by atomic mass is 35.5. The Labute approximate surface area is 292 Å². The summed E-state index contributed by atoms with van der Waals surface area (Å²) < 4.78 is 37.1. The summed E-state index contributed by atoms with van der Waals surface area (Å²) in [7, 11) is 0. The lowest BCUT2D eigenvalue weighted by atomic mass is 9.96. The molecule has 0 unspecified atom stereocenters. The predicted octanol–water partition coefficient (Wildman–Crippen LogP) is 8.29. The second kappa shape index (κ2) is 16.7. The molecule has 0 amide bonds. The third-order valence-corrected chi connectivity index (χ3v) is 8.30. The Morgan fingerprint density at radius 1 is 0.735 bits per heavy atom. The topological polar surface area (TPSA) is 93.6 Å². The number of benzene rings is 2. The Balaban J connectivity index is 0.000000182. The number of ether oxygens (including phenoxy) is 2. The Hall–Kier alpha value is -3.89. The second-order valence-corrected chi connectivity index (χ2v) is 14.7. The smallest absolute Gasteiger partial charge is 0.309 e. The van der Waals surface area contributed by atoms with Gasteiger partial charge in [0, 0.05) is 36.3 Å². The van der Waals surface area contributed by atoms with E-state index in [9.17, 15) is 18.4 Å². The summed E-state index contributed by atoms with van der Waals surface area (Å²) in [5.41, 5.74) is -0.801. The van der Waals surface area contributed by atoms with Crippen LogP contribution in [0.25, 0.3) is 21.5 Å². The minimum atomic E-state index is -0.455. The maximum atomic E-state index is 13.6. The van der Waals surface area contributed by atoms with Gasteiger partial charge in [-0.05, 0) is 127 Å². The number of aromatic nitrogens is 2. The van der Waals surface area contributed by atoms with Gasteiger partial charge >= 0.3 is 11.9 Å². The predicted molar refractivity (Wildman–Crippen MR) is 191 cm³/mol. The first-order chi connectivity index (χ1) is 23.1. The molecular formula is C38H47ClF2N4O4. The molecule has 4 heterocycles. The van der Waals surface area contributed by atoms with E-state index in [4.69, 9.17) is 21.1 Å². The highest BCUT2D eigenvalue weighted by molar-refractivity contribution is 6.34. The van der Waals surface area contributed by atoms with Crippen LogP contribution in [0.15, 0.2) is 60.9 Å². The first-order valence-corrected chi connectivity index (χ1v) is 17.1. The molecule has 264 valence electrons. The third-order valence-electron chi connectivity index (χ3n) is 8.00. The summed E-state index contributed by atoms with van der Waals surface area (Å²) >= 11 is 5.75. The molecule has 8 nitrogen and oxygen atoms in total. The van der Waals surface area contributed by atoms with Crippen LogP contribution in [0.1, 0.15) is 67.2 Å². The zero-order chi connectivity index (χ0) is 35.8. The van der Waals surface area contributed by atoms with Crippen LogP contribution in [0.3, 0.4) is 0 Å². The Bertz CT molecular complexity index is 1730. The number of carbonyl (C=O) groups excluding carboxylic acids is 2. The highest BCUT2D eigenvalue weighted by Gasteiger charge is 2.30. The van der Waals surface area contributed by atoms with E-state index >= 15 is 0 Å². The van der Waals surface area contributed by atoms with Crippen molar-refractivity contribution in [2.75, 3.05) is 31.1 Å². The van der Waals surface area contributed by atoms with Crippen LogP contribution >= 0.6 is 11.6 Å². The van der Waals surface area contributed by atoms with Gasteiger partial charge in [0.15, 0.2) is 0 Å². The van der Waals surface area contributed by atoms with Crippen LogP contribution in [-0.2, 0) is 19.1 Å². The average molecular weight is 697 g/mol. The van der Waals surface area contributed by atoms with Crippen LogP contribution in [0.5, 0.6) is 0 Å². The van der Waals surface area contributed by atoms with Gasteiger partial charge in [-0.15, -0.1) is 0 Å². The molecule has 0 spiro atoms. The average Bonchev–Trinajstić information content (AvgIpc) is 3.04. The van der Waals surface area contributed by atoms with Gasteiger partial charge in [0.2, 0.25) is 0 Å². The minimum Gasteiger partial charge on any atom is -0.460 e. The molecule has 0 atom stereocenters. The lowest BCUT2D eigenvalue weighted by Crippen LogP contribution is -2.39. The molecule has 0 saturated carbocycles. The number of fused-ring (bicyclic) bond motifs is 2. The number of pyridine rings is 2. The Kier molecular flexibility index (Phi) is 12.9. The molecule has 2 fully saturated rings. The molecule has 11 heteroatoms. The lowest BCUT2D eigenvalue weighted by Gasteiger charge is -2.33. The number of nitrogens with one attached hydrogen (secondary N) is 1. The fourth-order valence-electron chi connectivity index (χ4n) is 5.64. The standard InChI is InChI=1S/C19H23FN2O2.C10H19NO2.C9H5ClFN/c1-19(2,3)24-18(23)14-7-10-22(11-8-14)17-16-12-15(20)5-4-13(16)6-9-21-17;1-10(2,3)13-9(12)8-4-6-11-7-5-8;10-9-8-5-7(11)2-1-6(8)3-4-12-9/h4-6,9,12,14H,7-8,10-11H2,1-3H3;8,11H,4-7H2,1-3H3;1-5H. The first-order valence-electron chi connectivity index (χ1n) is 16.7. The third kappa shape index (κ3) is 11.6. The van der Waals surface area contributed by atoms with Gasteiger partial charge < -0.3 is 19.7 Å². The van der Waals surface area contributed by atoms with E-state index in [-0.39, 0.29) is 41.0 Å². The summed E-state index contributed by atoms with van der Waals surface area (Å²) in [5, 5.41) is 6.90. The van der Waals surface area contributed by atoms with E-state index in [1.807, 2.05) is 47.6 Å². The van der Waals surface area contributed by atoms with Gasteiger partial charge in [-0.2, -0.15) is 0 Å². The maximum absolute atomic E-state index is 13.6. The molecule has 0 bridgehead atoms. The molecule has 2 aliphatic rings. The van der Waals surface area contributed by atoms with Crippen LogP contribution in [0, 0.1) is 23.5 Å². The summed E-state index contributed by atoms with van der Waals surface area (Å²) in [6, 6.07) is 12.9. The van der Waals surface area contributed by atoms with Gasteiger partial charge in [-0.1, -0.05) is 23.7 Å². The number of anilines is 1. The number of hydrogen-bond acceptors (Lipinski definition) is 8. The lowest BCUT2D eigenvalue weighted by molar-refractivity contribution is -0.161. The van der Waals surface area contributed by atoms with Gasteiger partial charge in [0.05, 0.1) is 11.8 Å². The van der Waals surface area contributed by atoms with Crippen LogP contribution < -0.4 is 10.2 Å². The van der Waals surface area contributed by atoms with Crippen molar-refractivity contribution < 1.29 is 27.8 Å². The molecule has 49 heavy (non-hydrogen) atoms. The number of nitrogens with zero attached hydrogens (tertiary/aromatic N) is 3. The fourth-order valence-corrected chi connectivity index (χ4v) is 5.86. The Morgan fingerprint density at radius 2 is 1.20 bits per heavy atom. The number of piperidine rings is 2. The SMILES string of the molecule is CC(C)(C)OC(=O)C1CCN(c2nccc3ccc(F)cc23)CC1.CC(C)(C)OC(=O)C1CCNCC1.Fc1ccc2ccnc(Cl)c2c1. The Morgan fingerprint density at radius 3 is 1.73 bits per heavy atom. The number of rotatable bonds is 3. The van der Waals surface area contributed by atoms with Gasteiger partial charge in [-0.25, -0.2) is 18.7 Å². The zero-order valence-corrected chi connectivity index (χ0v) is 29.9. The van der Waals surface area contributed by atoms with Crippen molar-refractivity contribution in [2.24, 2.45) is 11.8 Å². The summed E-state index contributed by atoms with van der Waals surface area (Å²) in [6.07, 6.45) is 6.62. The molecular weight excluding hydrogens is 650 g/mol. The normalized spacial score (nSPS) is 15.9. The highest BCUT2D eigenvalue weighted by Crippen LogP contribution is 2.30. The van der Waals surface area contributed by atoms with E-state index in [0.717, 1.165) is 60.7 Å². The molecule has 2 aromatic heterocycles. The quantitative estimate of drug-likeness (QED) is 0.169. The molecule has 2 saturated heterocycles. The minimum absolute atomic E-state index is 0.0333. The maximum Gasteiger partial charge on any atom is 0.309 e. The molecule has 0 radical (unpaired) electrons. The molecule has 1 N–H and O–H groups in total. The van der Waals surface area contributed by atoms with Crippen molar-refractivity contribution in [3.8, 4) is 0 Å². The number of carbonyl (C=O) groups is 2. The van der Waals surface area contributed by atoms with E-state index in [1.165, 1.54) is 24.3 Å².